The number of esters is 2. The van der Waals surface area contributed by atoms with Crippen molar-refractivity contribution in [1.82, 2.24) is 9.62 Å². The maximum absolute atomic E-state index is 12.7. The average molecular weight is 461 g/mol. The van der Waals surface area contributed by atoms with Gasteiger partial charge < -0.3 is 14.8 Å². The van der Waals surface area contributed by atoms with Crippen molar-refractivity contribution in [3.8, 4) is 0 Å². The third-order valence-electron chi connectivity index (χ3n) is 4.68. The molecule has 1 N–H and O–H groups in total. The Kier molecular flexibility index (Phi) is 8.80. The van der Waals surface area contributed by atoms with E-state index in [-0.39, 0.29) is 16.7 Å². The monoisotopic (exact) mass is 460 g/mol. The minimum Gasteiger partial charge on any atom is -0.467 e. The number of carbonyl (C=O) groups is 3. The third kappa shape index (κ3) is 6.51. The highest BCUT2D eigenvalue weighted by Crippen LogP contribution is 2.26. The number of amides is 1. The summed E-state index contributed by atoms with van der Waals surface area (Å²) in [5, 5.41) is 4.20. The fourth-order valence-corrected chi connectivity index (χ4v) is 5.88. The summed E-state index contributed by atoms with van der Waals surface area (Å²) < 4.78 is 36.6. The second kappa shape index (κ2) is 10.9. The Morgan fingerprint density at radius 2 is 2.07 bits per heavy atom. The van der Waals surface area contributed by atoms with E-state index in [1.54, 1.807) is 11.4 Å². The molecule has 0 bridgehead atoms. The lowest BCUT2D eigenvalue weighted by Gasteiger charge is -2.30. The Hall–Kier alpha value is -1.98. The molecule has 0 aliphatic carbocycles. The van der Waals surface area contributed by atoms with Crippen LogP contribution in [-0.4, -0.2) is 63.4 Å². The Morgan fingerprint density at radius 1 is 1.33 bits per heavy atom. The highest BCUT2D eigenvalue weighted by molar-refractivity contribution is 7.91. The number of nitrogens with zero attached hydrogens (tertiary/aromatic N) is 1. The van der Waals surface area contributed by atoms with E-state index < -0.39 is 46.4 Å². The molecule has 2 heterocycles. The van der Waals surface area contributed by atoms with Crippen molar-refractivity contribution in [2.24, 2.45) is 11.8 Å². The van der Waals surface area contributed by atoms with Gasteiger partial charge in [-0.15, -0.1) is 11.3 Å². The molecular formula is C19H28N2O7S2. The number of carbonyl (C=O) groups excluding carboxylic acids is 3. The molecule has 2 unspecified atom stereocenters. The summed E-state index contributed by atoms with van der Waals surface area (Å²) in [5.41, 5.74) is 0. The molecular weight excluding hydrogens is 432 g/mol. The van der Waals surface area contributed by atoms with Crippen LogP contribution in [0.3, 0.4) is 0 Å². The molecule has 9 nitrogen and oxygen atoms in total. The van der Waals surface area contributed by atoms with Crippen molar-refractivity contribution in [2.75, 3.05) is 26.8 Å². The molecule has 1 aromatic rings. The van der Waals surface area contributed by atoms with E-state index in [0.29, 0.717) is 25.8 Å². The van der Waals surface area contributed by atoms with Gasteiger partial charge in [0.05, 0.1) is 13.0 Å². The van der Waals surface area contributed by atoms with Crippen LogP contribution in [0.2, 0.25) is 0 Å². The quantitative estimate of drug-likeness (QED) is 0.553. The average Bonchev–Trinajstić information content (AvgIpc) is 3.26. The van der Waals surface area contributed by atoms with Gasteiger partial charge in [-0.25, -0.2) is 13.2 Å². The summed E-state index contributed by atoms with van der Waals surface area (Å²) in [4.78, 5) is 36.3. The van der Waals surface area contributed by atoms with E-state index in [1.165, 1.54) is 17.5 Å². The van der Waals surface area contributed by atoms with Crippen molar-refractivity contribution < 1.29 is 32.3 Å². The molecule has 1 aromatic heterocycles. The lowest BCUT2D eigenvalue weighted by Crippen LogP contribution is -2.45. The van der Waals surface area contributed by atoms with Crippen LogP contribution in [0, 0.1) is 11.8 Å². The highest BCUT2D eigenvalue weighted by atomic mass is 32.2. The van der Waals surface area contributed by atoms with E-state index in [0.717, 1.165) is 11.3 Å². The summed E-state index contributed by atoms with van der Waals surface area (Å²) in [7, 11) is -2.41. The first-order chi connectivity index (χ1) is 14.1. The molecule has 2 rings (SSSR count). The first kappa shape index (κ1) is 24.3. The largest absolute Gasteiger partial charge is 0.467 e. The molecule has 1 saturated heterocycles. The smallest absolute Gasteiger partial charge is 0.328 e. The maximum Gasteiger partial charge on any atom is 0.328 e. The van der Waals surface area contributed by atoms with Crippen molar-refractivity contribution in [2.45, 2.75) is 43.4 Å². The third-order valence-corrected chi connectivity index (χ3v) is 7.92. The van der Waals surface area contributed by atoms with Crippen LogP contribution in [0.25, 0.3) is 0 Å². The molecule has 2 atom stereocenters. The van der Waals surface area contributed by atoms with Crippen molar-refractivity contribution in [3.05, 3.63) is 17.5 Å². The zero-order chi connectivity index (χ0) is 22.3. The molecule has 1 aliphatic rings. The van der Waals surface area contributed by atoms with Gasteiger partial charge in [-0.3, -0.25) is 9.59 Å². The van der Waals surface area contributed by atoms with Crippen molar-refractivity contribution in [3.63, 3.8) is 0 Å². The number of ether oxygens (including phenoxy) is 2. The fourth-order valence-electron chi connectivity index (χ4n) is 3.21. The predicted molar refractivity (Wildman–Crippen MR) is 110 cm³/mol. The Labute approximate surface area is 180 Å². The molecule has 0 saturated carbocycles. The second-order valence-electron chi connectivity index (χ2n) is 7.51. The van der Waals surface area contributed by atoms with Crippen LogP contribution in [-0.2, 0) is 33.9 Å². The molecule has 0 radical (unpaired) electrons. The van der Waals surface area contributed by atoms with Crippen LogP contribution in [0.5, 0.6) is 0 Å². The SMILES string of the molecule is COC(=O)C(CC(C)C)NC(=O)COC(=O)C1CCCN(S(=O)(=O)c2cccs2)C1. The van der Waals surface area contributed by atoms with Crippen molar-refractivity contribution >= 4 is 39.2 Å². The minimum absolute atomic E-state index is 0.0127. The van der Waals surface area contributed by atoms with Gasteiger partial charge in [0, 0.05) is 13.1 Å². The first-order valence-electron chi connectivity index (χ1n) is 9.72. The van der Waals surface area contributed by atoms with Crippen LogP contribution >= 0.6 is 11.3 Å². The van der Waals surface area contributed by atoms with Crippen LogP contribution < -0.4 is 5.32 Å². The van der Waals surface area contributed by atoms with E-state index in [9.17, 15) is 22.8 Å². The van der Waals surface area contributed by atoms with Gasteiger partial charge in [0.2, 0.25) is 0 Å². The van der Waals surface area contributed by atoms with Gasteiger partial charge in [-0.05, 0) is 36.6 Å². The highest BCUT2D eigenvalue weighted by Gasteiger charge is 2.35. The van der Waals surface area contributed by atoms with Gasteiger partial charge in [0.25, 0.3) is 15.9 Å². The Bertz CT molecular complexity index is 837. The van der Waals surface area contributed by atoms with Crippen LogP contribution in [0.4, 0.5) is 0 Å². The number of sulfonamides is 1. The zero-order valence-electron chi connectivity index (χ0n) is 17.3. The van der Waals surface area contributed by atoms with Gasteiger partial charge in [0.1, 0.15) is 10.3 Å². The number of nitrogens with one attached hydrogen (secondary N) is 1. The summed E-state index contributed by atoms with van der Waals surface area (Å²) in [6, 6.07) is 2.37. The van der Waals surface area contributed by atoms with Gasteiger partial charge in [0.15, 0.2) is 6.61 Å². The van der Waals surface area contributed by atoms with Gasteiger partial charge in [-0.2, -0.15) is 4.31 Å². The first-order valence-corrected chi connectivity index (χ1v) is 12.0. The fraction of sp³-hybridized carbons (Fsp3) is 0.632. The molecule has 30 heavy (non-hydrogen) atoms. The number of rotatable bonds is 9. The lowest BCUT2D eigenvalue weighted by molar-refractivity contribution is -0.154. The van der Waals surface area contributed by atoms with E-state index in [4.69, 9.17) is 4.74 Å². The Balaban J connectivity index is 1.89. The number of hydrogen-bond donors (Lipinski definition) is 1. The van der Waals surface area contributed by atoms with Gasteiger partial charge in [-0.1, -0.05) is 19.9 Å². The molecule has 11 heteroatoms. The zero-order valence-corrected chi connectivity index (χ0v) is 19.0. The summed E-state index contributed by atoms with van der Waals surface area (Å²) >= 11 is 1.12. The predicted octanol–water partition coefficient (Wildman–Crippen LogP) is 1.40. The van der Waals surface area contributed by atoms with Crippen LogP contribution in [0.15, 0.2) is 21.7 Å². The topological polar surface area (TPSA) is 119 Å². The summed E-state index contributed by atoms with van der Waals surface area (Å²) in [6.45, 7) is 3.61. The molecule has 1 fully saturated rings. The molecule has 1 aliphatic heterocycles. The van der Waals surface area contributed by atoms with Crippen molar-refractivity contribution in [1.29, 1.82) is 0 Å². The minimum atomic E-state index is -3.64. The number of methoxy groups -OCH3 is 1. The Morgan fingerprint density at radius 3 is 2.67 bits per heavy atom. The second-order valence-corrected chi connectivity index (χ2v) is 10.6. The number of thiophene rings is 1. The maximum atomic E-state index is 12.7. The normalized spacial score (nSPS) is 18.6. The van der Waals surface area contributed by atoms with Gasteiger partial charge >= 0.3 is 11.9 Å². The number of piperidine rings is 1. The van der Waals surface area contributed by atoms with E-state index in [1.807, 2.05) is 13.8 Å². The van der Waals surface area contributed by atoms with E-state index in [2.05, 4.69) is 10.1 Å². The summed E-state index contributed by atoms with van der Waals surface area (Å²) in [5.74, 6) is -2.30. The molecule has 0 spiro atoms. The lowest BCUT2D eigenvalue weighted by atomic mass is 10.00. The van der Waals surface area contributed by atoms with E-state index >= 15 is 0 Å². The molecule has 0 aromatic carbocycles. The number of hydrogen-bond acceptors (Lipinski definition) is 8. The molecule has 168 valence electrons. The molecule has 1 amide bonds. The standard InChI is InChI=1S/C19H28N2O7S2/c1-13(2)10-15(19(24)27-3)20-16(22)12-28-18(23)14-6-4-8-21(11-14)30(25,26)17-7-5-9-29-17/h5,7,9,13-15H,4,6,8,10-12H2,1-3H3,(H,20,22). The van der Waals surface area contributed by atoms with Crippen LogP contribution in [0.1, 0.15) is 33.1 Å². The summed E-state index contributed by atoms with van der Waals surface area (Å²) in [6.07, 6.45) is 1.40.